The highest BCUT2D eigenvalue weighted by molar-refractivity contribution is 9.10. The number of hydrogen-bond acceptors (Lipinski definition) is 4. The Bertz CT molecular complexity index is 490. The summed E-state index contributed by atoms with van der Waals surface area (Å²) in [6, 6.07) is 4.29. The molecule has 0 heterocycles. The zero-order chi connectivity index (χ0) is 13.5. The van der Waals surface area contributed by atoms with Crippen LogP contribution in [0.15, 0.2) is 27.8 Å². The van der Waals surface area contributed by atoms with Gasteiger partial charge in [0.1, 0.15) is 5.75 Å². The second-order valence-corrected chi connectivity index (χ2v) is 4.09. The number of rotatable bonds is 5. The number of carbonyl (C=O) groups excluding carboxylic acids is 2. The van der Waals surface area contributed by atoms with Crippen LogP contribution < -0.4 is 21.6 Å². The molecule has 1 rings (SSSR count). The van der Waals surface area contributed by atoms with E-state index in [0.717, 1.165) is 4.47 Å². The molecular weight excluding hydrogens is 304 g/mol. The number of primary amides is 2. The normalized spacial score (nSPS) is 10.3. The van der Waals surface area contributed by atoms with Gasteiger partial charge in [0, 0.05) is 10.0 Å². The Balaban J connectivity index is 2.85. The summed E-state index contributed by atoms with van der Waals surface area (Å²) in [7, 11) is 0. The molecule has 0 saturated carbocycles. The molecule has 0 spiro atoms. The van der Waals surface area contributed by atoms with Crippen LogP contribution in [0.5, 0.6) is 5.75 Å². The molecule has 0 aliphatic heterocycles. The summed E-state index contributed by atoms with van der Waals surface area (Å²) in [5.74, 6) is -0.178. The molecule has 0 radical (unpaired) electrons. The van der Waals surface area contributed by atoms with Crippen molar-refractivity contribution in [1.82, 2.24) is 5.43 Å². The van der Waals surface area contributed by atoms with Crippen LogP contribution in [0.1, 0.15) is 5.56 Å². The second kappa shape index (κ2) is 6.60. The maximum Gasteiger partial charge on any atom is 0.332 e. The van der Waals surface area contributed by atoms with Gasteiger partial charge in [-0.1, -0.05) is 15.9 Å². The molecule has 0 atom stereocenters. The fourth-order valence-corrected chi connectivity index (χ4v) is 1.44. The summed E-state index contributed by atoms with van der Waals surface area (Å²) in [5, 5.41) is 3.60. The second-order valence-electron chi connectivity index (χ2n) is 3.17. The van der Waals surface area contributed by atoms with Gasteiger partial charge in [-0.25, -0.2) is 10.2 Å². The number of hydrazone groups is 1. The monoisotopic (exact) mass is 314 g/mol. The highest BCUT2D eigenvalue weighted by Gasteiger charge is 2.04. The quantitative estimate of drug-likeness (QED) is 0.536. The van der Waals surface area contributed by atoms with Gasteiger partial charge in [0.2, 0.25) is 0 Å². The maximum atomic E-state index is 10.6. The van der Waals surface area contributed by atoms with E-state index >= 15 is 0 Å². The highest BCUT2D eigenvalue weighted by atomic mass is 79.9. The van der Waals surface area contributed by atoms with Crippen molar-refractivity contribution in [2.75, 3.05) is 6.61 Å². The van der Waals surface area contributed by atoms with Crippen molar-refractivity contribution in [2.24, 2.45) is 16.6 Å². The first kappa shape index (κ1) is 14.0. The van der Waals surface area contributed by atoms with E-state index in [9.17, 15) is 9.59 Å². The van der Waals surface area contributed by atoms with Crippen LogP contribution in [-0.2, 0) is 4.79 Å². The molecule has 0 aromatic heterocycles. The first-order valence-electron chi connectivity index (χ1n) is 4.78. The third-order valence-corrected chi connectivity index (χ3v) is 2.21. The zero-order valence-corrected chi connectivity index (χ0v) is 10.8. The molecule has 0 fully saturated rings. The average Bonchev–Trinajstić information content (AvgIpc) is 2.27. The van der Waals surface area contributed by atoms with Gasteiger partial charge >= 0.3 is 6.03 Å². The molecule has 1 aromatic carbocycles. The maximum absolute atomic E-state index is 10.6. The molecule has 3 amide bonds. The van der Waals surface area contributed by atoms with Crippen molar-refractivity contribution in [2.45, 2.75) is 0 Å². The molecule has 0 aliphatic rings. The van der Waals surface area contributed by atoms with Crippen LogP contribution in [-0.4, -0.2) is 24.8 Å². The zero-order valence-electron chi connectivity index (χ0n) is 9.22. The van der Waals surface area contributed by atoms with Gasteiger partial charge in [0.25, 0.3) is 5.91 Å². The summed E-state index contributed by atoms with van der Waals surface area (Å²) >= 11 is 3.28. The van der Waals surface area contributed by atoms with Crippen molar-refractivity contribution in [1.29, 1.82) is 0 Å². The topological polar surface area (TPSA) is 120 Å². The van der Waals surface area contributed by atoms with Gasteiger partial charge in [0.05, 0.1) is 6.21 Å². The van der Waals surface area contributed by atoms with E-state index in [0.29, 0.717) is 11.3 Å². The van der Waals surface area contributed by atoms with Gasteiger partial charge in [-0.2, -0.15) is 5.10 Å². The Morgan fingerprint density at radius 2 is 2.17 bits per heavy atom. The minimum atomic E-state index is -0.777. The lowest BCUT2D eigenvalue weighted by molar-refractivity contribution is -0.119. The molecule has 18 heavy (non-hydrogen) atoms. The van der Waals surface area contributed by atoms with Crippen LogP contribution in [0.3, 0.4) is 0 Å². The predicted octanol–water partition coefficient (Wildman–Crippen LogP) is 0.315. The highest BCUT2D eigenvalue weighted by Crippen LogP contribution is 2.21. The van der Waals surface area contributed by atoms with Crippen LogP contribution >= 0.6 is 15.9 Å². The Kier molecular flexibility index (Phi) is 5.12. The van der Waals surface area contributed by atoms with Crippen molar-refractivity contribution in [3.8, 4) is 5.75 Å². The third kappa shape index (κ3) is 4.83. The van der Waals surface area contributed by atoms with Gasteiger partial charge in [0.15, 0.2) is 6.61 Å². The number of amides is 3. The van der Waals surface area contributed by atoms with E-state index in [1.165, 1.54) is 6.21 Å². The summed E-state index contributed by atoms with van der Waals surface area (Å²) in [5.41, 5.74) is 12.4. The number of ether oxygens (including phenoxy) is 1. The van der Waals surface area contributed by atoms with Gasteiger partial charge in [-0.15, -0.1) is 0 Å². The minimum Gasteiger partial charge on any atom is -0.483 e. The SMILES string of the molecule is NC(=O)COc1ccc(Br)cc1/C=N/NC(N)=O. The molecule has 1 aromatic rings. The van der Waals surface area contributed by atoms with Crippen molar-refractivity contribution < 1.29 is 14.3 Å². The number of carbonyl (C=O) groups is 2. The largest absolute Gasteiger partial charge is 0.483 e. The van der Waals surface area contributed by atoms with E-state index in [2.05, 4.69) is 26.5 Å². The van der Waals surface area contributed by atoms with Crippen LogP contribution in [0, 0.1) is 0 Å². The molecule has 0 unspecified atom stereocenters. The molecule has 0 aliphatic carbocycles. The standard InChI is InChI=1S/C10H11BrN4O3/c11-7-1-2-8(18-5-9(12)16)6(3-7)4-14-15-10(13)17/h1-4H,5H2,(H2,12,16)(H3,13,15,17)/b14-4+. The van der Waals surface area contributed by atoms with E-state index in [1.807, 2.05) is 0 Å². The Labute approximate surface area is 111 Å². The van der Waals surface area contributed by atoms with E-state index in [1.54, 1.807) is 18.2 Å². The summed E-state index contributed by atoms with van der Waals surface area (Å²) < 4.78 is 5.97. The number of hydrogen-bond donors (Lipinski definition) is 3. The fraction of sp³-hybridized carbons (Fsp3) is 0.100. The van der Waals surface area contributed by atoms with Crippen molar-refractivity contribution in [3.05, 3.63) is 28.2 Å². The molecule has 8 heteroatoms. The van der Waals surface area contributed by atoms with Crippen LogP contribution in [0.4, 0.5) is 4.79 Å². The molecular formula is C10H11BrN4O3. The molecule has 5 N–H and O–H groups in total. The lowest BCUT2D eigenvalue weighted by Gasteiger charge is -2.07. The number of halogens is 1. The number of urea groups is 1. The van der Waals surface area contributed by atoms with E-state index in [4.69, 9.17) is 16.2 Å². The Morgan fingerprint density at radius 3 is 2.78 bits per heavy atom. The van der Waals surface area contributed by atoms with Gasteiger partial charge < -0.3 is 16.2 Å². The number of nitrogens with zero attached hydrogens (tertiary/aromatic N) is 1. The molecule has 0 bridgehead atoms. The molecule has 0 saturated heterocycles. The van der Waals surface area contributed by atoms with E-state index < -0.39 is 11.9 Å². The summed E-state index contributed by atoms with van der Waals surface area (Å²) in [6.07, 6.45) is 1.34. The number of benzene rings is 1. The summed E-state index contributed by atoms with van der Waals surface area (Å²) in [6.45, 7) is -0.244. The van der Waals surface area contributed by atoms with Crippen molar-refractivity contribution >= 4 is 34.1 Å². The first-order valence-corrected chi connectivity index (χ1v) is 5.57. The Morgan fingerprint density at radius 1 is 1.44 bits per heavy atom. The van der Waals surface area contributed by atoms with Crippen LogP contribution in [0.2, 0.25) is 0 Å². The Hall–Kier alpha value is -2.09. The molecule has 7 nitrogen and oxygen atoms in total. The van der Waals surface area contributed by atoms with Crippen LogP contribution in [0.25, 0.3) is 0 Å². The van der Waals surface area contributed by atoms with E-state index in [-0.39, 0.29) is 6.61 Å². The number of nitrogens with two attached hydrogens (primary N) is 2. The third-order valence-electron chi connectivity index (χ3n) is 1.72. The predicted molar refractivity (Wildman–Crippen MR) is 69.1 cm³/mol. The average molecular weight is 315 g/mol. The minimum absolute atomic E-state index is 0.244. The molecule has 96 valence electrons. The fourth-order valence-electron chi connectivity index (χ4n) is 1.07. The smallest absolute Gasteiger partial charge is 0.332 e. The summed E-state index contributed by atoms with van der Waals surface area (Å²) in [4.78, 5) is 21.1. The lowest BCUT2D eigenvalue weighted by atomic mass is 10.2. The number of nitrogens with one attached hydrogen (secondary N) is 1. The first-order chi connectivity index (χ1) is 8.49. The van der Waals surface area contributed by atoms with Crippen molar-refractivity contribution in [3.63, 3.8) is 0 Å². The van der Waals surface area contributed by atoms with Gasteiger partial charge in [-0.05, 0) is 18.2 Å². The lowest BCUT2D eigenvalue weighted by Crippen LogP contribution is -2.24. The van der Waals surface area contributed by atoms with Gasteiger partial charge in [-0.3, -0.25) is 4.79 Å².